The number of carbonyl (C=O) groups is 1. The lowest BCUT2D eigenvalue weighted by Gasteiger charge is -2.27. The van der Waals surface area contributed by atoms with Gasteiger partial charge in [0, 0.05) is 24.2 Å². The first kappa shape index (κ1) is 15.8. The Kier molecular flexibility index (Phi) is 4.02. The van der Waals surface area contributed by atoms with Crippen molar-refractivity contribution in [1.82, 2.24) is 4.90 Å². The van der Waals surface area contributed by atoms with E-state index in [9.17, 15) is 18.3 Å². The number of nitrogens with zero attached hydrogens (tertiary/aromatic N) is 1. The van der Waals surface area contributed by atoms with Gasteiger partial charge in [-0.05, 0) is 23.6 Å². The highest BCUT2D eigenvalue weighted by Crippen LogP contribution is 2.31. The molecular formula is C15H21NO4S. The van der Waals surface area contributed by atoms with Crippen LogP contribution in [0.4, 0.5) is 0 Å². The standard InChI is InChI=1S/C15H21NO4S/c1-15(2,3)12-10-11(4-5-13(12)17)14(18)16-6-8-21(19,20)9-7-16/h4-5,10,17H,6-9H2,1-3H3. The minimum absolute atomic E-state index is 0.0168. The average Bonchev–Trinajstić information content (AvgIpc) is 2.37. The summed E-state index contributed by atoms with van der Waals surface area (Å²) in [7, 11) is -3.00. The molecule has 1 fully saturated rings. The Bertz CT molecular complexity index is 645. The van der Waals surface area contributed by atoms with Crippen molar-refractivity contribution in [3.63, 3.8) is 0 Å². The molecule has 5 nitrogen and oxygen atoms in total. The van der Waals surface area contributed by atoms with Crippen molar-refractivity contribution in [3.8, 4) is 5.75 Å². The van der Waals surface area contributed by atoms with E-state index in [1.165, 1.54) is 6.07 Å². The van der Waals surface area contributed by atoms with Gasteiger partial charge in [0.1, 0.15) is 5.75 Å². The van der Waals surface area contributed by atoms with E-state index in [-0.39, 0.29) is 41.7 Å². The number of hydrogen-bond donors (Lipinski definition) is 1. The molecule has 0 radical (unpaired) electrons. The Labute approximate surface area is 125 Å². The lowest BCUT2D eigenvalue weighted by Crippen LogP contribution is -2.43. The minimum atomic E-state index is -3.00. The smallest absolute Gasteiger partial charge is 0.253 e. The van der Waals surface area contributed by atoms with E-state index in [1.807, 2.05) is 20.8 Å². The van der Waals surface area contributed by atoms with Crippen LogP contribution in [0.15, 0.2) is 18.2 Å². The fraction of sp³-hybridized carbons (Fsp3) is 0.533. The van der Waals surface area contributed by atoms with Crippen molar-refractivity contribution in [2.24, 2.45) is 0 Å². The van der Waals surface area contributed by atoms with Gasteiger partial charge < -0.3 is 10.0 Å². The van der Waals surface area contributed by atoms with Crippen LogP contribution in [-0.2, 0) is 15.3 Å². The lowest BCUT2D eigenvalue weighted by molar-refractivity contribution is 0.0770. The van der Waals surface area contributed by atoms with Crippen molar-refractivity contribution >= 4 is 15.7 Å². The number of phenolic OH excluding ortho intramolecular Hbond substituents is 1. The summed E-state index contributed by atoms with van der Waals surface area (Å²) in [5.74, 6) is 0.0157. The number of amides is 1. The topological polar surface area (TPSA) is 74.7 Å². The normalized spacial score (nSPS) is 18.5. The van der Waals surface area contributed by atoms with Gasteiger partial charge >= 0.3 is 0 Å². The molecule has 116 valence electrons. The van der Waals surface area contributed by atoms with Crippen LogP contribution in [0.5, 0.6) is 5.75 Å². The number of carbonyl (C=O) groups excluding carboxylic acids is 1. The first-order valence-corrected chi connectivity index (χ1v) is 8.75. The van der Waals surface area contributed by atoms with Gasteiger partial charge in [-0.1, -0.05) is 20.8 Å². The van der Waals surface area contributed by atoms with E-state index >= 15 is 0 Å². The van der Waals surface area contributed by atoms with Gasteiger partial charge in [-0.3, -0.25) is 4.79 Å². The van der Waals surface area contributed by atoms with Crippen LogP contribution < -0.4 is 0 Å². The zero-order valence-corrected chi connectivity index (χ0v) is 13.4. The predicted octanol–water partition coefficient (Wildman–Crippen LogP) is 1.56. The zero-order chi connectivity index (χ0) is 15.8. The highest BCUT2D eigenvalue weighted by atomic mass is 32.2. The molecule has 1 N–H and O–H groups in total. The van der Waals surface area contributed by atoms with Crippen molar-refractivity contribution in [1.29, 1.82) is 0 Å². The van der Waals surface area contributed by atoms with Gasteiger partial charge in [-0.15, -0.1) is 0 Å². The Morgan fingerprint density at radius 1 is 1.19 bits per heavy atom. The van der Waals surface area contributed by atoms with Crippen LogP contribution in [0.3, 0.4) is 0 Å². The Morgan fingerprint density at radius 3 is 2.29 bits per heavy atom. The van der Waals surface area contributed by atoms with E-state index in [4.69, 9.17) is 0 Å². The fourth-order valence-corrected chi connectivity index (χ4v) is 3.57. The van der Waals surface area contributed by atoms with Crippen molar-refractivity contribution in [3.05, 3.63) is 29.3 Å². The molecule has 21 heavy (non-hydrogen) atoms. The highest BCUT2D eigenvalue weighted by Gasteiger charge is 2.27. The first-order valence-electron chi connectivity index (χ1n) is 6.93. The molecule has 2 rings (SSSR count). The lowest BCUT2D eigenvalue weighted by atomic mass is 9.85. The minimum Gasteiger partial charge on any atom is -0.508 e. The Hall–Kier alpha value is -1.56. The van der Waals surface area contributed by atoms with E-state index in [0.29, 0.717) is 11.1 Å². The number of benzene rings is 1. The highest BCUT2D eigenvalue weighted by molar-refractivity contribution is 7.91. The molecule has 1 aromatic carbocycles. The third kappa shape index (κ3) is 3.56. The maximum Gasteiger partial charge on any atom is 0.253 e. The number of hydrogen-bond acceptors (Lipinski definition) is 4. The summed E-state index contributed by atoms with van der Waals surface area (Å²) in [5.41, 5.74) is 0.918. The Morgan fingerprint density at radius 2 is 1.76 bits per heavy atom. The van der Waals surface area contributed by atoms with Gasteiger partial charge in [-0.2, -0.15) is 0 Å². The summed E-state index contributed by atoms with van der Waals surface area (Å²) < 4.78 is 22.8. The van der Waals surface area contributed by atoms with Crippen molar-refractivity contribution in [2.75, 3.05) is 24.6 Å². The molecule has 0 aliphatic carbocycles. The molecule has 1 amide bonds. The van der Waals surface area contributed by atoms with Crippen LogP contribution in [0, 0.1) is 0 Å². The molecule has 0 unspecified atom stereocenters. The number of rotatable bonds is 1. The SMILES string of the molecule is CC(C)(C)c1cc(C(=O)N2CCS(=O)(=O)CC2)ccc1O. The van der Waals surface area contributed by atoms with Gasteiger partial charge in [0.2, 0.25) is 0 Å². The van der Waals surface area contributed by atoms with Crippen LogP contribution in [-0.4, -0.2) is 48.9 Å². The second-order valence-corrected chi connectivity index (χ2v) is 8.73. The van der Waals surface area contributed by atoms with Crippen molar-refractivity contribution in [2.45, 2.75) is 26.2 Å². The van der Waals surface area contributed by atoms with Gasteiger partial charge in [0.15, 0.2) is 9.84 Å². The summed E-state index contributed by atoms with van der Waals surface area (Å²) in [4.78, 5) is 14.0. The molecule has 0 bridgehead atoms. The van der Waals surface area contributed by atoms with Crippen LogP contribution >= 0.6 is 0 Å². The maximum atomic E-state index is 12.5. The maximum absolute atomic E-state index is 12.5. The monoisotopic (exact) mass is 311 g/mol. The van der Waals surface area contributed by atoms with Gasteiger partial charge in [-0.25, -0.2) is 8.42 Å². The summed E-state index contributed by atoms with van der Waals surface area (Å²) in [5, 5.41) is 9.93. The second-order valence-electron chi connectivity index (χ2n) is 6.43. The zero-order valence-electron chi connectivity index (χ0n) is 12.6. The van der Waals surface area contributed by atoms with E-state index in [0.717, 1.165) is 0 Å². The molecule has 1 aromatic rings. The van der Waals surface area contributed by atoms with Crippen LogP contribution in [0.1, 0.15) is 36.7 Å². The fourth-order valence-electron chi connectivity index (χ4n) is 2.37. The second kappa shape index (κ2) is 5.33. The molecule has 0 aromatic heterocycles. The predicted molar refractivity (Wildman–Crippen MR) is 81.4 cm³/mol. The van der Waals surface area contributed by atoms with E-state index < -0.39 is 9.84 Å². The number of phenols is 1. The third-order valence-corrected chi connectivity index (χ3v) is 5.29. The summed E-state index contributed by atoms with van der Waals surface area (Å²) in [6, 6.07) is 4.80. The first-order chi connectivity index (χ1) is 9.60. The average molecular weight is 311 g/mol. The summed E-state index contributed by atoms with van der Waals surface area (Å²) in [6.45, 7) is 6.34. The Balaban J connectivity index is 2.25. The van der Waals surface area contributed by atoms with Gasteiger partial charge in [0.05, 0.1) is 11.5 Å². The van der Waals surface area contributed by atoms with Crippen molar-refractivity contribution < 1.29 is 18.3 Å². The molecule has 0 saturated carbocycles. The molecule has 6 heteroatoms. The van der Waals surface area contributed by atoms with Gasteiger partial charge in [0.25, 0.3) is 5.91 Å². The molecule has 1 heterocycles. The summed E-state index contributed by atoms with van der Waals surface area (Å²) in [6.07, 6.45) is 0. The van der Waals surface area contributed by atoms with E-state index in [1.54, 1.807) is 17.0 Å². The van der Waals surface area contributed by atoms with Crippen LogP contribution in [0.25, 0.3) is 0 Å². The quantitative estimate of drug-likeness (QED) is 0.854. The van der Waals surface area contributed by atoms with E-state index in [2.05, 4.69) is 0 Å². The molecule has 1 aliphatic rings. The third-order valence-electron chi connectivity index (χ3n) is 3.68. The number of sulfone groups is 1. The molecule has 0 atom stereocenters. The molecule has 0 spiro atoms. The van der Waals surface area contributed by atoms with Crippen LogP contribution in [0.2, 0.25) is 0 Å². The molecule has 1 aliphatic heterocycles. The largest absolute Gasteiger partial charge is 0.508 e. The molecular weight excluding hydrogens is 290 g/mol. The molecule has 1 saturated heterocycles. The summed E-state index contributed by atoms with van der Waals surface area (Å²) >= 11 is 0. The number of aromatic hydroxyl groups is 1.